The van der Waals surface area contributed by atoms with Gasteiger partial charge < -0.3 is 0 Å². The van der Waals surface area contributed by atoms with E-state index >= 15 is 0 Å². The van der Waals surface area contributed by atoms with E-state index in [1.54, 1.807) is 0 Å². The summed E-state index contributed by atoms with van der Waals surface area (Å²) in [6.45, 7) is 17.9. The van der Waals surface area contributed by atoms with Gasteiger partial charge in [0.25, 0.3) is 0 Å². The van der Waals surface area contributed by atoms with Crippen molar-refractivity contribution in [3.63, 3.8) is 0 Å². The first kappa shape index (κ1) is 13.6. The number of hydrogen-bond acceptors (Lipinski definition) is 0. The lowest BCUT2D eigenvalue weighted by atomic mass is 9.71. The third-order valence-corrected chi connectivity index (χ3v) is 2.25. The summed E-state index contributed by atoms with van der Waals surface area (Å²) < 4.78 is 0. The molecule has 0 aromatic heterocycles. The van der Waals surface area contributed by atoms with Gasteiger partial charge in [-0.05, 0) is 10.8 Å². The molecule has 0 N–H and O–H groups in total. The van der Waals surface area contributed by atoms with Gasteiger partial charge in [0.1, 0.15) is 0 Å². The molecule has 0 bridgehead atoms. The molecule has 0 unspecified atom stereocenters. The highest BCUT2D eigenvalue weighted by Gasteiger charge is 2.26. The predicted molar refractivity (Wildman–Crippen MR) is 54.9 cm³/mol. The SMILES string of the molecule is CC(C)(C)C(C)(C)C.CCC. The van der Waals surface area contributed by atoms with Gasteiger partial charge in [-0.2, -0.15) is 0 Å². The standard InChI is InChI=1S/C8H18.C3H8/c1-7(2,3)8(4,5)6;1-3-2/h1-6H3;3H2,1-2H3. The molecule has 0 spiro atoms. The summed E-state index contributed by atoms with van der Waals surface area (Å²) in [5, 5.41) is 0. The second-order valence-electron chi connectivity index (χ2n) is 5.21. The molecule has 11 heavy (non-hydrogen) atoms. The van der Waals surface area contributed by atoms with Gasteiger partial charge in [-0.1, -0.05) is 61.8 Å². The molecule has 70 valence electrons. The smallest absolute Gasteiger partial charge is 0.0334 e. The highest BCUT2D eigenvalue weighted by atomic mass is 14.3. The molecular formula is C11H26. The third-order valence-electron chi connectivity index (χ3n) is 2.25. The summed E-state index contributed by atoms with van der Waals surface area (Å²) >= 11 is 0. The molecule has 0 nitrogen and oxygen atoms in total. The Balaban J connectivity index is 0. The summed E-state index contributed by atoms with van der Waals surface area (Å²) in [5.74, 6) is 0. The van der Waals surface area contributed by atoms with Gasteiger partial charge in [-0.15, -0.1) is 0 Å². The lowest BCUT2D eigenvalue weighted by Gasteiger charge is -2.34. The maximum atomic E-state index is 2.27. The first-order chi connectivity index (χ1) is 4.66. The van der Waals surface area contributed by atoms with Crippen LogP contribution in [0.15, 0.2) is 0 Å². The predicted octanol–water partition coefficient (Wildman–Crippen LogP) is 4.49. The Kier molecular flexibility index (Phi) is 5.92. The van der Waals surface area contributed by atoms with Gasteiger partial charge in [0, 0.05) is 0 Å². The molecule has 0 heterocycles. The molecule has 0 saturated carbocycles. The van der Waals surface area contributed by atoms with Gasteiger partial charge in [0.05, 0.1) is 0 Å². The van der Waals surface area contributed by atoms with Crippen LogP contribution < -0.4 is 0 Å². The second-order valence-corrected chi connectivity index (χ2v) is 5.21. The van der Waals surface area contributed by atoms with Crippen LogP contribution in [0.5, 0.6) is 0 Å². The fraction of sp³-hybridized carbons (Fsp3) is 1.00. The van der Waals surface area contributed by atoms with E-state index in [-0.39, 0.29) is 0 Å². The van der Waals surface area contributed by atoms with Gasteiger partial charge in [-0.25, -0.2) is 0 Å². The van der Waals surface area contributed by atoms with Crippen molar-refractivity contribution in [2.24, 2.45) is 10.8 Å². The van der Waals surface area contributed by atoms with Crippen LogP contribution in [0.4, 0.5) is 0 Å². The van der Waals surface area contributed by atoms with Crippen molar-refractivity contribution >= 4 is 0 Å². The zero-order valence-corrected chi connectivity index (χ0v) is 9.71. The summed E-state index contributed by atoms with van der Waals surface area (Å²) in [6, 6.07) is 0. The molecule has 0 rings (SSSR count). The average molecular weight is 158 g/mol. The Morgan fingerprint density at radius 1 is 0.636 bits per heavy atom. The van der Waals surface area contributed by atoms with Crippen molar-refractivity contribution in [1.29, 1.82) is 0 Å². The van der Waals surface area contributed by atoms with Crippen LogP contribution in [-0.2, 0) is 0 Å². The van der Waals surface area contributed by atoms with Crippen LogP contribution >= 0.6 is 0 Å². The van der Waals surface area contributed by atoms with E-state index in [0.29, 0.717) is 10.8 Å². The van der Waals surface area contributed by atoms with Crippen LogP contribution in [-0.4, -0.2) is 0 Å². The van der Waals surface area contributed by atoms with Gasteiger partial charge >= 0.3 is 0 Å². The Hall–Kier alpha value is 0. The molecule has 0 saturated heterocycles. The van der Waals surface area contributed by atoms with Crippen LogP contribution in [0.2, 0.25) is 0 Å². The minimum absolute atomic E-state index is 0.437. The van der Waals surface area contributed by atoms with E-state index in [2.05, 4.69) is 55.4 Å². The van der Waals surface area contributed by atoms with E-state index in [1.807, 2.05) is 0 Å². The second kappa shape index (κ2) is 4.79. The molecule has 0 aliphatic carbocycles. The zero-order chi connectivity index (χ0) is 9.71. The molecule has 0 aliphatic heterocycles. The first-order valence-corrected chi connectivity index (χ1v) is 4.66. The number of rotatable bonds is 0. The molecular weight excluding hydrogens is 132 g/mol. The topological polar surface area (TPSA) is 0 Å². The average Bonchev–Trinajstić information content (AvgIpc) is 1.60. The summed E-state index contributed by atoms with van der Waals surface area (Å²) in [7, 11) is 0. The Bertz CT molecular complexity index is 65.2. The Labute approximate surface area is 73.4 Å². The van der Waals surface area contributed by atoms with Gasteiger partial charge in [-0.3, -0.25) is 0 Å². The molecule has 0 aliphatic rings. The van der Waals surface area contributed by atoms with E-state index in [9.17, 15) is 0 Å². The minimum atomic E-state index is 0.437. The zero-order valence-electron chi connectivity index (χ0n) is 9.71. The molecule has 0 fully saturated rings. The van der Waals surface area contributed by atoms with Gasteiger partial charge in [0.15, 0.2) is 0 Å². The summed E-state index contributed by atoms with van der Waals surface area (Å²) in [6.07, 6.45) is 1.25. The lowest BCUT2D eigenvalue weighted by molar-refractivity contribution is 0.157. The Morgan fingerprint density at radius 3 is 0.727 bits per heavy atom. The van der Waals surface area contributed by atoms with Crippen LogP contribution in [0.25, 0.3) is 0 Å². The molecule has 0 aromatic rings. The summed E-state index contributed by atoms with van der Waals surface area (Å²) in [5.41, 5.74) is 0.875. The van der Waals surface area contributed by atoms with Crippen LogP contribution in [0.1, 0.15) is 61.8 Å². The van der Waals surface area contributed by atoms with Crippen molar-refractivity contribution in [2.45, 2.75) is 61.8 Å². The first-order valence-electron chi connectivity index (χ1n) is 4.66. The monoisotopic (exact) mass is 158 g/mol. The van der Waals surface area contributed by atoms with E-state index in [4.69, 9.17) is 0 Å². The van der Waals surface area contributed by atoms with Crippen molar-refractivity contribution in [1.82, 2.24) is 0 Å². The number of hydrogen-bond donors (Lipinski definition) is 0. The fourth-order valence-electron chi connectivity index (χ4n) is 0. The highest BCUT2D eigenvalue weighted by Crippen LogP contribution is 2.36. The van der Waals surface area contributed by atoms with Crippen molar-refractivity contribution in [3.8, 4) is 0 Å². The quantitative estimate of drug-likeness (QED) is 0.487. The third kappa shape index (κ3) is 7.90. The molecule has 0 aromatic carbocycles. The van der Waals surface area contributed by atoms with Crippen LogP contribution in [0.3, 0.4) is 0 Å². The van der Waals surface area contributed by atoms with Crippen LogP contribution in [0, 0.1) is 10.8 Å². The largest absolute Gasteiger partial charge is 0.0656 e. The molecule has 0 radical (unpaired) electrons. The Morgan fingerprint density at radius 2 is 0.727 bits per heavy atom. The van der Waals surface area contributed by atoms with Crippen molar-refractivity contribution in [3.05, 3.63) is 0 Å². The molecule has 0 amide bonds. The van der Waals surface area contributed by atoms with E-state index in [1.165, 1.54) is 6.42 Å². The maximum absolute atomic E-state index is 2.27. The van der Waals surface area contributed by atoms with E-state index in [0.717, 1.165) is 0 Å². The normalized spacial score (nSPS) is 12.0. The molecule has 0 atom stereocenters. The molecule has 0 heteroatoms. The minimum Gasteiger partial charge on any atom is -0.0656 e. The van der Waals surface area contributed by atoms with Gasteiger partial charge in [0.2, 0.25) is 0 Å². The maximum Gasteiger partial charge on any atom is -0.0334 e. The van der Waals surface area contributed by atoms with E-state index < -0.39 is 0 Å². The summed E-state index contributed by atoms with van der Waals surface area (Å²) in [4.78, 5) is 0. The van der Waals surface area contributed by atoms with Crippen molar-refractivity contribution in [2.75, 3.05) is 0 Å². The lowest BCUT2D eigenvalue weighted by Crippen LogP contribution is -2.25. The highest BCUT2D eigenvalue weighted by molar-refractivity contribution is 4.76. The fourth-order valence-corrected chi connectivity index (χ4v) is 0. The van der Waals surface area contributed by atoms with Crippen molar-refractivity contribution < 1.29 is 0 Å².